The molecule has 0 bridgehead atoms. The first-order chi connectivity index (χ1) is 16.9. The number of rotatable bonds is 7. The Morgan fingerprint density at radius 3 is 2.57 bits per heavy atom. The quantitative estimate of drug-likeness (QED) is 0.303. The van der Waals surface area contributed by atoms with E-state index in [0.717, 1.165) is 11.4 Å². The molecule has 2 heterocycles. The number of nitrogens with one attached hydrogen (secondary N) is 2. The number of carbonyl (C=O) groups excluding carboxylic acids is 1. The number of benzene rings is 2. The van der Waals surface area contributed by atoms with Crippen LogP contribution in [0.15, 0.2) is 60.8 Å². The van der Waals surface area contributed by atoms with Crippen molar-refractivity contribution in [1.82, 2.24) is 19.5 Å². The normalized spacial score (nSPS) is 10.4. The number of halogens is 1. The third kappa shape index (κ3) is 6.26. The summed E-state index contributed by atoms with van der Waals surface area (Å²) in [6.07, 6.45) is 2.43. The molecule has 35 heavy (non-hydrogen) atoms. The lowest BCUT2D eigenvalue weighted by Gasteiger charge is -2.18. The van der Waals surface area contributed by atoms with Crippen molar-refractivity contribution in [3.63, 3.8) is 0 Å². The number of phenolic OH excluding ortho intramolecular Hbond substituents is 1. The number of urea groups is 1. The van der Waals surface area contributed by atoms with Gasteiger partial charge in [-0.15, -0.1) is 0 Å². The number of hydrogen-bond acceptors (Lipinski definition) is 5. The zero-order valence-corrected chi connectivity index (χ0v) is 20.4. The average Bonchev–Trinajstić information content (AvgIpc) is 3.25. The molecule has 0 saturated carbocycles. The first-order valence-electron chi connectivity index (χ1n) is 11.6. The molecule has 8 nitrogen and oxygen atoms in total. The minimum absolute atomic E-state index is 0.159. The van der Waals surface area contributed by atoms with Crippen molar-refractivity contribution < 1.29 is 14.3 Å². The number of phenols is 1. The maximum Gasteiger partial charge on any atom is 0.321 e. The minimum atomic E-state index is -0.351. The van der Waals surface area contributed by atoms with Crippen LogP contribution in [0.25, 0.3) is 16.9 Å². The van der Waals surface area contributed by atoms with Gasteiger partial charge in [-0.25, -0.2) is 14.2 Å². The number of para-hydroxylation sites is 1. The molecular weight excluding hydrogens is 447 g/mol. The van der Waals surface area contributed by atoms with Gasteiger partial charge in [-0.3, -0.25) is 0 Å². The third-order valence-electron chi connectivity index (χ3n) is 5.25. The van der Waals surface area contributed by atoms with Gasteiger partial charge in [-0.2, -0.15) is 9.61 Å². The molecule has 9 heteroatoms. The Labute approximate surface area is 204 Å². The van der Waals surface area contributed by atoms with Crippen molar-refractivity contribution in [3.8, 4) is 17.0 Å². The van der Waals surface area contributed by atoms with Crippen LogP contribution >= 0.6 is 0 Å². The molecule has 0 radical (unpaired) electrons. The largest absolute Gasteiger partial charge is 0.507 e. The van der Waals surface area contributed by atoms with Gasteiger partial charge >= 0.3 is 6.03 Å². The SMILES string of the molecule is CC.Cc1cnn2c(NCCCN(C)C(=O)Nc3ccc(F)cc3)cc(-c3ccccc3O)nc12. The van der Waals surface area contributed by atoms with E-state index >= 15 is 0 Å². The number of aromatic hydroxyl groups is 1. The number of hydrogen-bond donors (Lipinski definition) is 3. The van der Waals surface area contributed by atoms with Gasteiger partial charge in [-0.1, -0.05) is 26.0 Å². The van der Waals surface area contributed by atoms with E-state index < -0.39 is 0 Å². The van der Waals surface area contributed by atoms with Gasteiger partial charge in [0.2, 0.25) is 0 Å². The molecule has 3 N–H and O–H groups in total. The van der Waals surface area contributed by atoms with Crippen LogP contribution in [0.3, 0.4) is 0 Å². The van der Waals surface area contributed by atoms with Crippen molar-refractivity contribution in [2.75, 3.05) is 30.8 Å². The molecule has 4 rings (SSSR count). The monoisotopic (exact) mass is 478 g/mol. The summed E-state index contributed by atoms with van der Waals surface area (Å²) in [5.41, 5.74) is 3.45. The Hall–Kier alpha value is -4.14. The third-order valence-corrected chi connectivity index (χ3v) is 5.25. The Morgan fingerprint density at radius 2 is 1.86 bits per heavy atom. The van der Waals surface area contributed by atoms with Gasteiger partial charge in [0, 0.05) is 43.0 Å². The highest BCUT2D eigenvalue weighted by atomic mass is 19.1. The van der Waals surface area contributed by atoms with Crippen molar-refractivity contribution in [2.45, 2.75) is 27.2 Å². The van der Waals surface area contributed by atoms with E-state index in [4.69, 9.17) is 0 Å². The van der Waals surface area contributed by atoms with Crippen molar-refractivity contribution in [1.29, 1.82) is 0 Å². The van der Waals surface area contributed by atoms with Crippen LogP contribution in [0.2, 0.25) is 0 Å². The summed E-state index contributed by atoms with van der Waals surface area (Å²) in [5.74, 6) is 0.548. The van der Waals surface area contributed by atoms with Gasteiger partial charge in [0.15, 0.2) is 5.65 Å². The van der Waals surface area contributed by atoms with Crippen molar-refractivity contribution >= 4 is 23.2 Å². The molecule has 2 amide bonds. The van der Waals surface area contributed by atoms with Crippen LogP contribution in [-0.2, 0) is 0 Å². The second-order valence-corrected chi connectivity index (χ2v) is 7.75. The Kier molecular flexibility index (Phi) is 8.61. The molecule has 2 aromatic heterocycles. The lowest BCUT2D eigenvalue weighted by atomic mass is 10.1. The Balaban J connectivity index is 0.00000167. The summed E-state index contributed by atoms with van der Waals surface area (Å²) in [6.45, 7) is 7.04. The molecule has 0 atom stereocenters. The summed E-state index contributed by atoms with van der Waals surface area (Å²) < 4.78 is 14.7. The number of anilines is 2. The second kappa shape index (κ2) is 11.8. The first-order valence-corrected chi connectivity index (χ1v) is 11.6. The van der Waals surface area contributed by atoms with E-state index in [9.17, 15) is 14.3 Å². The predicted octanol–water partition coefficient (Wildman–Crippen LogP) is 5.54. The number of aromatic nitrogens is 3. The number of amides is 2. The Bertz CT molecular complexity index is 1270. The van der Waals surface area contributed by atoms with Crippen molar-refractivity contribution in [2.24, 2.45) is 0 Å². The summed E-state index contributed by atoms with van der Waals surface area (Å²) in [6, 6.07) is 14.3. The molecule has 184 valence electrons. The zero-order chi connectivity index (χ0) is 25.4. The fourth-order valence-corrected chi connectivity index (χ4v) is 3.41. The highest BCUT2D eigenvalue weighted by Crippen LogP contribution is 2.30. The highest BCUT2D eigenvalue weighted by molar-refractivity contribution is 5.89. The molecule has 0 spiro atoms. The molecular formula is C26H31FN6O2. The van der Waals surface area contributed by atoms with Crippen molar-refractivity contribution in [3.05, 3.63) is 72.2 Å². The van der Waals surface area contributed by atoms with Crippen LogP contribution in [-0.4, -0.2) is 50.8 Å². The van der Waals surface area contributed by atoms with Gasteiger partial charge in [-0.05, 0) is 49.7 Å². The summed E-state index contributed by atoms with van der Waals surface area (Å²) in [4.78, 5) is 18.6. The average molecular weight is 479 g/mol. The zero-order valence-electron chi connectivity index (χ0n) is 20.4. The van der Waals surface area contributed by atoms with Gasteiger partial charge < -0.3 is 20.6 Å². The highest BCUT2D eigenvalue weighted by Gasteiger charge is 2.13. The standard InChI is InChI=1S/C24H25FN6O2.C2H6/c1-16-15-27-31-22(14-20(29-23(16)31)19-6-3-4-7-21(19)32)26-12-5-13-30(2)24(33)28-18-10-8-17(25)9-11-18;1-2/h3-4,6-11,14-15,26,32H,5,12-13H2,1-2H3,(H,28,33);1-2H3. The summed E-state index contributed by atoms with van der Waals surface area (Å²) >= 11 is 0. The topological polar surface area (TPSA) is 94.8 Å². The molecule has 0 aliphatic heterocycles. The van der Waals surface area contributed by atoms with Crippen LogP contribution in [0.1, 0.15) is 25.8 Å². The fourth-order valence-electron chi connectivity index (χ4n) is 3.41. The first kappa shape index (κ1) is 25.5. The molecule has 0 aliphatic rings. The van der Waals surface area contributed by atoms with E-state index in [1.807, 2.05) is 39.0 Å². The van der Waals surface area contributed by atoms with E-state index in [0.29, 0.717) is 42.1 Å². The second-order valence-electron chi connectivity index (χ2n) is 7.75. The van der Waals surface area contributed by atoms with E-state index in [-0.39, 0.29) is 17.6 Å². The van der Waals surface area contributed by atoms with E-state index in [1.165, 1.54) is 24.3 Å². The summed E-state index contributed by atoms with van der Waals surface area (Å²) in [7, 11) is 1.71. The van der Waals surface area contributed by atoms with Crippen LogP contribution in [0, 0.1) is 12.7 Å². The van der Waals surface area contributed by atoms with Gasteiger partial charge in [0.1, 0.15) is 17.4 Å². The number of nitrogens with zero attached hydrogens (tertiary/aromatic N) is 4. The van der Waals surface area contributed by atoms with Gasteiger partial charge in [0.25, 0.3) is 0 Å². The molecule has 0 fully saturated rings. The van der Waals surface area contributed by atoms with Gasteiger partial charge in [0.05, 0.1) is 11.9 Å². The smallest absolute Gasteiger partial charge is 0.321 e. The van der Waals surface area contributed by atoms with Crippen LogP contribution in [0.5, 0.6) is 5.75 Å². The molecule has 4 aromatic rings. The van der Waals surface area contributed by atoms with E-state index in [1.54, 1.807) is 34.8 Å². The molecule has 2 aromatic carbocycles. The number of carbonyl (C=O) groups is 1. The number of aryl methyl sites for hydroxylation is 1. The predicted molar refractivity (Wildman–Crippen MR) is 137 cm³/mol. The lowest BCUT2D eigenvalue weighted by molar-refractivity contribution is 0.222. The summed E-state index contributed by atoms with van der Waals surface area (Å²) in [5, 5.41) is 20.7. The van der Waals surface area contributed by atoms with E-state index in [2.05, 4.69) is 20.7 Å². The molecule has 0 unspecified atom stereocenters. The van der Waals surface area contributed by atoms with Crippen LogP contribution in [0.4, 0.5) is 20.7 Å². The lowest BCUT2D eigenvalue weighted by Crippen LogP contribution is -2.32. The maximum absolute atomic E-state index is 13.0. The Morgan fingerprint density at radius 1 is 1.14 bits per heavy atom. The van der Waals surface area contributed by atoms with Crippen LogP contribution < -0.4 is 10.6 Å². The molecule has 0 aliphatic carbocycles. The minimum Gasteiger partial charge on any atom is -0.507 e. The number of fused-ring (bicyclic) bond motifs is 1. The maximum atomic E-state index is 13.0. The molecule has 0 saturated heterocycles. The fraction of sp³-hybridized carbons (Fsp3) is 0.269.